The molecule has 1 aliphatic heterocycles. The number of benzene rings is 2. The average Bonchev–Trinajstić information content (AvgIpc) is 3.56. The predicted octanol–water partition coefficient (Wildman–Crippen LogP) is 4.89. The van der Waals surface area contributed by atoms with E-state index in [-0.39, 0.29) is 0 Å². The highest BCUT2D eigenvalue weighted by Crippen LogP contribution is 2.34. The molecule has 2 aromatic carbocycles. The van der Waals surface area contributed by atoms with Gasteiger partial charge in [0.15, 0.2) is 0 Å². The molecule has 1 fully saturated rings. The SMILES string of the molecule is Cc1cccc2[nH]c(-c3ccc(-c4ccc(CNCCN5CCNCC5)cc4)s3)nc12.O=C(O)C(F)(F)F. The van der Waals surface area contributed by atoms with Crippen LogP contribution in [0, 0.1) is 6.92 Å². The number of carbonyl (C=O) groups is 1. The molecule has 0 amide bonds. The first kappa shape index (κ1) is 27.8. The van der Waals surface area contributed by atoms with E-state index in [0.29, 0.717) is 0 Å². The Kier molecular flexibility index (Phi) is 9.16. The van der Waals surface area contributed by atoms with Crippen molar-refractivity contribution in [2.24, 2.45) is 0 Å². The molecule has 3 heterocycles. The number of imidazole rings is 1. The van der Waals surface area contributed by atoms with E-state index in [1.807, 2.05) is 0 Å². The van der Waals surface area contributed by atoms with Crippen LogP contribution in [0.25, 0.3) is 32.2 Å². The molecule has 5 rings (SSSR count). The van der Waals surface area contributed by atoms with Gasteiger partial charge in [0.2, 0.25) is 0 Å². The van der Waals surface area contributed by atoms with Crippen LogP contribution < -0.4 is 10.6 Å². The second-order valence-corrected chi connectivity index (χ2v) is 10.1. The van der Waals surface area contributed by atoms with Crippen molar-refractivity contribution in [3.8, 4) is 21.1 Å². The number of aromatic nitrogens is 2. The molecular weight excluding hydrogens is 515 g/mol. The zero-order chi connectivity index (χ0) is 27.1. The summed E-state index contributed by atoms with van der Waals surface area (Å²) in [6, 6.07) is 19.5. The lowest BCUT2D eigenvalue weighted by atomic mass is 10.1. The molecule has 0 atom stereocenters. The predicted molar refractivity (Wildman–Crippen MR) is 144 cm³/mol. The van der Waals surface area contributed by atoms with Crippen molar-refractivity contribution in [1.82, 2.24) is 25.5 Å². The van der Waals surface area contributed by atoms with Crippen LogP contribution in [0.3, 0.4) is 0 Å². The minimum Gasteiger partial charge on any atom is -0.475 e. The molecule has 202 valence electrons. The van der Waals surface area contributed by atoms with Crippen molar-refractivity contribution in [2.45, 2.75) is 19.6 Å². The number of carboxylic acids is 1. The molecule has 1 saturated heterocycles. The van der Waals surface area contributed by atoms with E-state index in [4.69, 9.17) is 14.9 Å². The zero-order valence-corrected chi connectivity index (χ0v) is 21.8. The average molecular weight is 546 g/mol. The van der Waals surface area contributed by atoms with E-state index < -0.39 is 12.1 Å². The molecule has 0 bridgehead atoms. The third-order valence-corrected chi connectivity index (χ3v) is 7.32. The molecule has 0 spiro atoms. The van der Waals surface area contributed by atoms with Gasteiger partial charge >= 0.3 is 12.1 Å². The van der Waals surface area contributed by atoms with Gasteiger partial charge in [0.25, 0.3) is 0 Å². The van der Waals surface area contributed by atoms with E-state index in [9.17, 15) is 13.2 Å². The summed E-state index contributed by atoms with van der Waals surface area (Å²) in [5.41, 5.74) is 5.94. The highest BCUT2D eigenvalue weighted by atomic mass is 32.1. The number of nitrogens with one attached hydrogen (secondary N) is 3. The number of aryl methyl sites for hydroxylation is 1. The van der Waals surface area contributed by atoms with Gasteiger partial charge in [0.1, 0.15) is 5.82 Å². The van der Waals surface area contributed by atoms with Gasteiger partial charge < -0.3 is 20.7 Å². The zero-order valence-electron chi connectivity index (χ0n) is 20.9. The van der Waals surface area contributed by atoms with Gasteiger partial charge in [-0.1, -0.05) is 36.4 Å². The maximum absolute atomic E-state index is 10.6. The van der Waals surface area contributed by atoms with Crippen molar-refractivity contribution in [1.29, 1.82) is 0 Å². The highest BCUT2D eigenvalue weighted by molar-refractivity contribution is 7.18. The topological polar surface area (TPSA) is 93.3 Å². The lowest BCUT2D eigenvalue weighted by Gasteiger charge is -2.27. The van der Waals surface area contributed by atoms with E-state index in [2.05, 4.69) is 82.0 Å². The molecule has 1 aliphatic rings. The van der Waals surface area contributed by atoms with Gasteiger partial charge in [-0.25, -0.2) is 9.78 Å². The van der Waals surface area contributed by atoms with Crippen LogP contribution in [0.2, 0.25) is 0 Å². The third kappa shape index (κ3) is 7.41. The number of nitrogens with zero attached hydrogens (tertiary/aromatic N) is 2. The lowest BCUT2D eigenvalue weighted by Crippen LogP contribution is -2.45. The number of H-pyrrole nitrogens is 1. The van der Waals surface area contributed by atoms with Crippen molar-refractivity contribution < 1.29 is 23.1 Å². The molecular formula is C27H30F3N5O2S. The summed E-state index contributed by atoms with van der Waals surface area (Å²) in [6.45, 7) is 9.73. The van der Waals surface area contributed by atoms with Crippen molar-refractivity contribution in [3.05, 3.63) is 65.7 Å². The van der Waals surface area contributed by atoms with Crippen molar-refractivity contribution in [3.63, 3.8) is 0 Å². The molecule has 11 heteroatoms. The smallest absolute Gasteiger partial charge is 0.475 e. The number of carboxylic acid groups (broad SMARTS) is 1. The molecule has 2 aromatic heterocycles. The second kappa shape index (κ2) is 12.5. The fourth-order valence-corrected chi connectivity index (χ4v) is 5.06. The van der Waals surface area contributed by atoms with Gasteiger partial charge in [0.05, 0.1) is 15.9 Å². The largest absolute Gasteiger partial charge is 0.490 e. The molecule has 4 aromatic rings. The minimum atomic E-state index is -5.08. The first-order valence-corrected chi connectivity index (χ1v) is 13.1. The first-order chi connectivity index (χ1) is 18.2. The fourth-order valence-electron chi connectivity index (χ4n) is 4.10. The Balaban J connectivity index is 0.000000426. The first-order valence-electron chi connectivity index (χ1n) is 12.3. The van der Waals surface area contributed by atoms with Crippen LogP contribution in [0.15, 0.2) is 54.6 Å². The summed E-state index contributed by atoms with van der Waals surface area (Å²) in [5.74, 6) is -1.81. The molecule has 0 saturated carbocycles. The summed E-state index contributed by atoms with van der Waals surface area (Å²) in [4.78, 5) is 22.1. The number of hydrogen-bond donors (Lipinski definition) is 4. The van der Waals surface area contributed by atoms with E-state index in [1.54, 1.807) is 11.3 Å². The fraction of sp³-hybridized carbons (Fsp3) is 0.333. The maximum atomic E-state index is 10.6. The molecule has 0 radical (unpaired) electrons. The number of fused-ring (bicyclic) bond motifs is 1. The quantitative estimate of drug-likeness (QED) is 0.247. The highest BCUT2D eigenvalue weighted by Gasteiger charge is 2.38. The summed E-state index contributed by atoms with van der Waals surface area (Å²) >= 11 is 1.78. The lowest BCUT2D eigenvalue weighted by molar-refractivity contribution is -0.192. The number of alkyl halides is 3. The van der Waals surface area contributed by atoms with Crippen molar-refractivity contribution in [2.75, 3.05) is 39.3 Å². The van der Waals surface area contributed by atoms with Crippen LogP contribution in [0.4, 0.5) is 13.2 Å². The number of hydrogen-bond acceptors (Lipinski definition) is 6. The third-order valence-electron chi connectivity index (χ3n) is 6.18. The number of rotatable bonds is 7. The number of para-hydroxylation sites is 1. The normalized spacial score (nSPS) is 14.3. The van der Waals surface area contributed by atoms with E-state index >= 15 is 0 Å². The molecule has 4 N–H and O–H groups in total. The van der Waals surface area contributed by atoms with E-state index in [0.717, 1.165) is 62.7 Å². The van der Waals surface area contributed by atoms with Gasteiger partial charge in [-0.2, -0.15) is 13.2 Å². The van der Waals surface area contributed by atoms with Gasteiger partial charge in [0, 0.05) is 50.7 Å². The van der Waals surface area contributed by atoms with Crippen LogP contribution in [0.1, 0.15) is 11.1 Å². The number of thiophene rings is 1. The Morgan fingerprint density at radius 1 is 1.08 bits per heavy atom. The van der Waals surface area contributed by atoms with Crippen LogP contribution in [-0.4, -0.2) is 71.4 Å². The standard InChI is InChI=1S/C25H29N5S.C2HF3O2/c1-18-3-2-4-21-24(18)29-25(28-21)23-10-9-22(31-23)20-7-5-19(6-8-20)17-27-13-16-30-14-11-26-12-15-30;3-2(4,5)1(6)7/h2-10,26-27H,11-17H2,1H3,(H,28,29);(H,6,7). The Hall–Kier alpha value is -3.25. The molecule has 7 nitrogen and oxygen atoms in total. The molecule has 0 unspecified atom stereocenters. The Morgan fingerprint density at radius 2 is 1.76 bits per heavy atom. The Bertz CT molecular complexity index is 1350. The summed E-state index contributed by atoms with van der Waals surface area (Å²) in [6.07, 6.45) is -5.08. The van der Waals surface area contributed by atoms with Crippen molar-refractivity contribution >= 4 is 28.3 Å². The Labute approximate surface area is 222 Å². The summed E-state index contributed by atoms with van der Waals surface area (Å²) < 4.78 is 31.7. The second-order valence-electron chi connectivity index (χ2n) is 8.99. The summed E-state index contributed by atoms with van der Waals surface area (Å²) in [7, 11) is 0. The van der Waals surface area contributed by atoms with Crippen LogP contribution in [-0.2, 0) is 11.3 Å². The number of aliphatic carboxylic acids is 1. The number of aromatic amines is 1. The maximum Gasteiger partial charge on any atom is 0.490 e. The summed E-state index contributed by atoms with van der Waals surface area (Å²) in [5, 5.41) is 14.1. The number of piperazine rings is 1. The Morgan fingerprint density at radius 3 is 2.42 bits per heavy atom. The van der Waals surface area contributed by atoms with Crippen LogP contribution >= 0.6 is 11.3 Å². The molecule has 0 aliphatic carbocycles. The van der Waals surface area contributed by atoms with E-state index in [1.165, 1.54) is 26.4 Å². The van der Waals surface area contributed by atoms with Gasteiger partial charge in [-0.15, -0.1) is 11.3 Å². The minimum absolute atomic E-state index is 0.917. The van der Waals surface area contributed by atoms with Gasteiger partial charge in [-0.05, 0) is 41.8 Å². The molecule has 38 heavy (non-hydrogen) atoms. The van der Waals surface area contributed by atoms with Gasteiger partial charge in [-0.3, -0.25) is 4.90 Å². The number of halogens is 3. The van der Waals surface area contributed by atoms with Crippen LogP contribution in [0.5, 0.6) is 0 Å². The monoisotopic (exact) mass is 545 g/mol.